The van der Waals surface area contributed by atoms with Crippen LogP contribution in [-0.4, -0.2) is 16.8 Å². The van der Waals surface area contributed by atoms with Gasteiger partial charge in [-0.05, 0) is 24.0 Å². The molecular weight excluding hydrogens is 172 g/mol. The van der Waals surface area contributed by atoms with Gasteiger partial charge >= 0.3 is 5.97 Å². The zero-order chi connectivity index (χ0) is 9.03. The lowest BCUT2D eigenvalue weighted by atomic mass is 9.73. The second-order valence-electron chi connectivity index (χ2n) is 3.79. The quantitative estimate of drug-likeness (QED) is 0.667. The lowest BCUT2D eigenvalue weighted by Gasteiger charge is -2.34. The molecule has 1 saturated carbocycles. The van der Waals surface area contributed by atoms with E-state index in [9.17, 15) is 4.79 Å². The van der Waals surface area contributed by atoms with E-state index in [1.54, 1.807) is 0 Å². The van der Waals surface area contributed by atoms with Gasteiger partial charge in [-0.3, -0.25) is 4.79 Å². The van der Waals surface area contributed by atoms with E-state index in [4.69, 9.17) is 5.11 Å². The van der Waals surface area contributed by atoms with Gasteiger partial charge in [-0.15, -0.1) is 0 Å². The summed E-state index contributed by atoms with van der Waals surface area (Å²) >= 11 is 4.26. The van der Waals surface area contributed by atoms with E-state index in [0.717, 1.165) is 18.6 Å². The van der Waals surface area contributed by atoms with Crippen molar-refractivity contribution in [3.05, 3.63) is 0 Å². The van der Waals surface area contributed by atoms with Crippen molar-refractivity contribution in [1.82, 2.24) is 0 Å². The fourth-order valence-electron chi connectivity index (χ4n) is 2.01. The molecule has 0 saturated heterocycles. The highest BCUT2D eigenvalue weighted by molar-refractivity contribution is 7.80. The third-order valence-electron chi connectivity index (χ3n) is 2.78. The van der Waals surface area contributed by atoms with Gasteiger partial charge in [0.05, 0.1) is 6.42 Å². The van der Waals surface area contributed by atoms with Crippen LogP contribution in [0, 0.1) is 5.41 Å². The van der Waals surface area contributed by atoms with Crippen LogP contribution in [0.25, 0.3) is 0 Å². The highest BCUT2D eigenvalue weighted by Crippen LogP contribution is 2.39. The van der Waals surface area contributed by atoms with Crippen LogP contribution >= 0.6 is 12.6 Å². The summed E-state index contributed by atoms with van der Waals surface area (Å²) in [7, 11) is 0. The van der Waals surface area contributed by atoms with Crippen LogP contribution in [0.15, 0.2) is 0 Å². The molecule has 1 aliphatic carbocycles. The lowest BCUT2D eigenvalue weighted by Crippen LogP contribution is -2.29. The topological polar surface area (TPSA) is 37.3 Å². The minimum atomic E-state index is -0.675. The Morgan fingerprint density at radius 3 is 2.33 bits per heavy atom. The first-order chi connectivity index (χ1) is 5.68. The Labute approximate surface area is 78.8 Å². The van der Waals surface area contributed by atoms with Gasteiger partial charge in [0.25, 0.3) is 0 Å². The summed E-state index contributed by atoms with van der Waals surface area (Å²) in [6.07, 6.45) is 6.00. The van der Waals surface area contributed by atoms with Crippen LogP contribution in [0.2, 0.25) is 0 Å². The molecule has 0 amide bonds. The van der Waals surface area contributed by atoms with Gasteiger partial charge in [0.15, 0.2) is 0 Å². The van der Waals surface area contributed by atoms with Gasteiger partial charge in [0.2, 0.25) is 0 Å². The molecule has 0 aromatic rings. The molecule has 0 bridgehead atoms. The molecule has 0 atom stereocenters. The number of hydrogen-bond donors (Lipinski definition) is 2. The van der Waals surface area contributed by atoms with Gasteiger partial charge < -0.3 is 5.11 Å². The number of rotatable bonds is 3. The van der Waals surface area contributed by atoms with Gasteiger partial charge in [0, 0.05) is 0 Å². The second kappa shape index (κ2) is 4.17. The van der Waals surface area contributed by atoms with E-state index in [1.807, 2.05) is 0 Å². The SMILES string of the molecule is O=C(O)CC1(CS)CCCCC1. The van der Waals surface area contributed by atoms with E-state index in [2.05, 4.69) is 12.6 Å². The molecule has 0 aromatic heterocycles. The van der Waals surface area contributed by atoms with Gasteiger partial charge in [0.1, 0.15) is 0 Å². The molecule has 1 rings (SSSR count). The average molecular weight is 188 g/mol. The van der Waals surface area contributed by atoms with Crippen LogP contribution in [0.5, 0.6) is 0 Å². The van der Waals surface area contributed by atoms with Crippen LogP contribution in [0.1, 0.15) is 38.5 Å². The number of aliphatic carboxylic acids is 1. The molecule has 2 nitrogen and oxygen atoms in total. The molecule has 0 aromatic carbocycles. The van der Waals surface area contributed by atoms with Crippen molar-refractivity contribution in [2.24, 2.45) is 5.41 Å². The third kappa shape index (κ3) is 2.41. The minimum Gasteiger partial charge on any atom is -0.481 e. The first-order valence-corrected chi connectivity index (χ1v) is 5.14. The van der Waals surface area contributed by atoms with Crippen LogP contribution in [0.4, 0.5) is 0 Å². The van der Waals surface area contributed by atoms with Gasteiger partial charge in [-0.25, -0.2) is 0 Å². The van der Waals surface area contributed by atoms with E-state index in [-0.39, 0.29) is 5.41 Å². The molecule has 0 unspecified atom stereocenters. The molecule has 1 fully saturated rings. The Balaban J connectivity index is 2.53. The van der Waals surface area contributed by atoms with E-state index < -0.39 is 5.97 Å². The van der Waals surface area contributed by atoms with E-state index >= 15 is 0 Å². The van der Waals surface area contributed by atoms with E-state index in [1.165, 1.54) is 19.3 Å². The zero-order valence-corrected chi connectivity index (χ0v) is 8.15. The van der Waals surface area contributed by atoms with E-state index in [0.29, 0.717) is 6.42 Å². The monoisotopic (exact) mass is 188 g/mol. The number of carbonyl (C=O) groups is 1. The Hall–Kier alpha value is -0.180. The van der Waals surface area contributed by atoms with Crippen LogP contribution < -0.4 is 0 Å². The van der Waals surface area contributed by atoms with Crippen molar-refractivity contribution in [3.63, 3.8) is 0 Å². The predicted molar refractivity (Wildman–Crippen MR) is 51.6 cm³/mol. The average Bonchev–Trinajstić information content (AvgIpc) is 2.05. The van der Waals surface area contributed by atoms with Crippen LogP contribution in [-0.2, 0) is 4.79 Å². The summed E-state index contributed by atoms with van der Waals surface area (Å²) in [5, 5.41) is 8.73. The predicted octanol–water partition coefficient (Wildman–Crippen LogP) is 2.34. The summed E-state index contributed by atoms with van der Waals surface area (Å²) in [6, 6.07) is 0. The molecule has 1 N–H and O–H groups in total. The lowest BCUT2D eigenvalue weighted by molar-refractivity contribution is -0.139. The molecule has 0 heterocycles. The van der Waals surface area contributed by atoms with Gasteiger partial charge in [-0.2, -0.15) is 12.6 Å². The highest BCUT2D eigenvalue weighted by atomic mass is 32.1. The molecule has 0 radical (unpaired) electrons. The van der Waals surface area contributed by atoms with Crippen molar-refractivity contribution >= 4 is 18.6 Å². The Morgan fingerprint density at radius 1 is 1.33 bits per heavy atom. The molecule has 0 spiro atoms. The minimum absolute atomic E-state index is 0.00714. The first kappa shape index (κ1) is 9.90. The molecule has 3 heteroatoms. The largest absolute Gasteiger partial charge is 0.481 e. The highest BCUT2D eigenvalue weighted by Gasteiger charge is 2.32. The Bertz CT molecular complexity index is 162. The number of thiol groups is 1. The maximum Gasteiger partial charge on any atom is 0.303 e. The Morgan fingerprint density at radius 2 is 1.92 bits per heavy atom. The van der Waals surface area contributed by atoms with Crippen molar-refractivity contribution in [1.29, 1.82) is 0 Å². The summed E-state index contributed by atoms with van der Waals surface area (Å²) in [5.74, 6) is 0.0465. The van der Waals surface area contributed by atoms with Crippen molar-refractivity contribution in [3.8, 4) is 0 Å². The fraction of sp³-hybridized carbons (Fsp3) is 0.889. The first-order valence-electron chi connectivity index (χ1n) is 4.51. The number of carboxylic acids is 1. The van der Waals surface area contributed by atoms with Crippen molar-refractivity contribution in [2.45, 2.75) is 38.5 Å². The fourth-order valence-corrected chi connectivity index (χ4v) is 2.44. The normalized spacial score (nSPS) is 22.1. The smallest absolute Gasteiger partial charge is 0.303 e. The number of hydrogen-bond acceptors (Lipinski definition) is 2. The molecule has 1 aliphatic rings. The Kier molecular flexibility index (Phi) is 3.44. The summed E-state index contributed by atoms with van der Waals surface area (Å²) in [6.45, 7) is 0. The van der Waals surface area contributed by atoms with Gasteiger partial charge in [-0.1, -0.05) is 19.3 Å². The van der Waals surface area contributed by atoms with Crippen LogP contribution in [0.3, 0.4) is 0 Å². The summed E-state index contributed by atoms with van der Waals surface area (Å²) in [4.78, 5) is 10.6. The molecule has 12 heavy (non-hydrogen) atoms. The molecule has 70 valence electrons. The number of carboxylic acid groups (broad SMARTS) is 1. The maximum absolute atomic E-state index is 10.6. The standard InChI is InChI=1S/C9H16O2S/c10-8(11)6-9(7-12)4-2-1-3-5-9/h12H,1-7H2,(H,10,11). The third-order valence-corrected chi connectivity index (χ3v) is 3.45. The zero-order valence-electron chi connectivity index (χ0n) is 7.25. The van der Waals surface area contributed by atoms with Crippen molar-refractivity contribution in [2.75, 3.05) is 5.75 Å². The second-order valence-corrected chi connectivity index (χ2v) is 4.11. The maximum atomic E-state index is 10.6. The molecule has 0 aliphatic heterocycles. The summed E-state index contributed by atoms with van der Waals surface area (Å²) < 4.78 is 0. The summed E-state index contributed by atoms with van der Waals surface area (Å²) in [5.41, 5.74) is 0.00714. The van der Waals surface area contributed by atoms with Crippen molar-refractivity contribution < 1.29 is 9.90 Å². The molecular formula is C9H16O2S.